The Balaban J connectivity index is 1.85. The van der Waals surface area contributed by atoms with Gasteiger partial charge < -0.3 is 20.0 Å². The quantitative estimate of drug-likeness (QED) is 0.245. The van der Waals surface area contributed by atoms with Crippen LogP contribution >= 0.6 is 23.4 Å². The number of rotatable bonds is 13. The molecule has 0 aliphatic carbocycles. The summed E-state index contributed by atoms with van der Waals surface area (Å²) in [6.45, 7) is 15.7. The molecule has 8 nitrogen and oxygen atoms in total. The first-order valence-corrected chi connectivity index (χ1v) is 13.9. The van der Waals surface area contributed by atoms with E-state index in [4.69, 9.17) is 11.6 Å². The summed E-state index contributed by atoms with van der Waals surface area (Å²) in [5.41, 5.74) is 0. The SMILES string of the molecule is CCCC(=O)N1CCN(c2cc(Cl)nc(SCC(=O)NC(C)CCCN(CC)CC)n2)CC1C. The fourth-order valence-electron chi connectivity index (χ4n) is 4.19. The monoisotopic (exact) mass is 512 g/mol. The van der Waals surface area contributed by atoms with Crippen LogP contribution in [0, 0.1) is 0 Å². The molecule has 0 aromatic carbocycles. The zero-order chi connectivity index (χ0) is 25.1. The van der Waals surface area contributed by atoms with Crippen LogP contribution in [0.4, 0.5) is 5.82 Å². The highest BCUT2D eigenvalue weighted by atomic mass is 35.5. The van der Waals surface area contributed by atoms with Crippen LogP contribution in [0.1, 0.15) is 60.3 Å². The van der Waals surface area contributed by atoms with Crippen LogP contribution in [0.3, 0.4) is 0 Å². The molecule has 0 radical (unpaired) electrons. The van der Waals surface area contributed by atoms with E-state index in [1.54, 1.807) is 6.07 Å². The highest BCUT2D eigenvalue weighted by molar-refractivity contribution is 7.99. The largest absolute Gasteiger partial charge is 0.353 e. The Labute approximate surface area is 214 Å². The number of thioether (sulfide) groups is 1. The molecule has 1 aliphatic heterocycles. The van der Waals surface area contributed by atoms with Gasteiger partial charge in [0.25, 0.3) is 0 Å². The van der Waals surface area contributed by atoms with Crippen molar-refractivity contribution in [3.05, 3.63) is 11.2 Å². The molecule has 2 rings (SSSR count). The summed E-state index contributed by atoms with van der Waals surface area (Å²) in [6, 6.07) is 1.99. The summed E-state index contributed by atoms with van der Waals surface area (Å²) in [5.74, 6) is 1.17. The van der Waals surface area contributed by atoms with E-state index in [2.05, 4.69) is 45.9 Å². The van der Waals surface area contributed by atoms with E-state index >= 15 is 0 Å². The minimum absolute atomic E-state index is 0.0258. The van der Waals surface area contributed by atoms with Gasteiger partial charge in [0.15, 0.2) is 5.16 Å². The lowest BCUT2D eigenvalue weighted by Crippen LogP contribution is -2.54. The first-order chi connectivity index (χ1) is 16.3. The van der Waals surface area contributed by atoms with Gasteiger partial charge in [0.2, 0.25) is 11.8 Å². The van der Waals surface area contributed by atoms with Crippen molar-refractivity contribution >= 4 is 41.0 Å². The van der Waals surface area contributed by atoms with Crippen molar-refractivity contribution in [1.29, 1.82) is 0 Å². The number of halogens is 1. The van der Waals surface area contributed by atoms with Crippen molar-refractivity contribution in [2.24, 2.45) is 0 Å². The molecule has 34 heavy (non-hydrogen) atoms. The van der Waals surface area contributed by atoms with Gasteiger partial charge in [-0.25, -0.2) is 9.97 Å². The zero-order valence-corrected chi connectivity index (χ0v) is 22.9. The summed E-state index contributed by atoms with van der Waals surface area (Å²) in [6.07, 6.45) is 3.46. The number of piperazine rings is 1. The number of carbonyl (C=O) groups excluding carboxylic acids is 2. The normalized spacial score (nSPS) is 17.2. The van der Waals surface area contributed by atoms with E-state index in [-0.39, 0.29) is 29.7 Å². The first-order valence-electron chi connectivity index (χ1n) is 12.5. The number of hydrogen-bond acceptors (Lipinski definition) is 7. The summed E-state index contributed by atoms with van der Waals surface area (Å²) in [4.78, 5) is 40.2. The summed E-state index contributed by atoms with van der Waals surface area (Å²) < 4.78 is 0. The van der Waals surface area contributed by atoms with Gasteiger partial charge in [0.05, 0.1) is 5.75 Å². The van der Waals surface area contributed by atoms with Crippen LogP contribution in [0.15, 0.2) is 11.2 Å². The van der Waals surface area contributed by atoms with Gasteiger partial charge in [-0.1, -0.05) is 44.1 Å². The van der Waals surface area contributed by atoms with E-state index in [9.17, 15) is 9.59 Å². The minimum atomic E-state index is -0.0258. The minimum Gasteiger partial charge on any atom is -0.353 e. The number of anilines is 1. The van der Waals surface area contributed by atoms with E-state index in [1.807, 2.05) is 18.7 Å². The molecule has 0 spiro atoms. The lowest BCUT2D eigenvalue weighted by Gasteiger charge is -2.40. The number of aromatic nitrogens is 2. The topological polar surface area (TPSA) is 81.7 Å². The summed E-state index contributed by atoms with van der Waals surface area (Å²) >= 11 is 7.57. The third-order valence-electron chi connectivity index (χ3n) is 6.14. The Kier molecular flexibility index (Phi) is 12.4. The van der Waals surface area contributed by atoms with Crippen molar-refractivity contribution in [3.8, 4) is 0 Å². The van der Waals surface area contributed by atoms with Gasteiger partial charge >= 0.3 is 0 Å². The molecule has 10 heteroatoms. The number of nitrogens with zero attached hydrogens (tertiary/aromatic N) is 5. The molecule has 0 saturated carbocycles. The molecule has 0 bridgehead atoms. The summed E-state index contributed by atoms with van der Waals surface area (Å²) in [7, 11) is 0. The van der Waals surface area contributed by atoms with Gasteiger partial charge in [0, 0.05) is 44.2 Å². The third kappa shape index (κ3) is 9.23. The highest BCUT2D eigenvalue weighted by Crippen LogP contribution is 2.24. The molecule has 1 aromatic heterocycles. The van der Waals surface area contributed by atoms with Gasteiger partial charge in [0.1, 0.15) is 11.0 Å². The fraction of sp³-hybridized carbons (Fsp3) is 0.750. The van der Waals surface area contributed by atoms with Crippen LogP contribution in [0.5, 0.6) is 0 Å². The maximum atomic E-state index is 12.4. The standard InChI is InChI=1S/C24H41ClN6O2S/c1-6-10-23(33)31-14-13-30(16-19(31)5)21-15-20(25)27-24(28-21)34-17-22(32)26-18(4)11-9-12-29(7-2)8-3/h15,18-19H,6-14,16-17H2,1-5H3,(H,26,32). The van der Waals surface area contributed by atoms with E-state index in [0.717, 1.165) is 44.7 Å². The maximum Gasteiger partial charge on any atom is 0.230 e. The van der Waals surface area contributed by atoms with E-state index in [1.165, 1.54) is 11.8 Å². The number of carbonyl (C=O) groups is 2. The second-order valence-electron chi connectivity index (χ2n) is 8.89. The molecule has 1 aliphatic rings. The van der Waals surface area contributed by atoms with E-state index in [0.29, 0.717) is 36.4 Å². The predicted molar refractivity (Wildman–Crippen MR) is 141 cm³/mol. The second-order valence-corrected chi connectivity index (χ2v) is 10.2. The smallest absolute Gasteiger partial charge is 0.230 e. The van der Waals surface area contributed by atoms with Gasteiger partial charge in [-0.2, -0.15) is 0 Å². The van der Waals surface area contributed by atoms with Crippen LogP contribution in [0.2, 0.25) is 5.15 Å². The average Bonchev–Trinajstić information content (AvgIpc) is 2.80. The Hall–Kier alpha value is -1.58. The summed E-state index contributed by atoms with van der Waals surface area (Å²) in [5, 5.41) is 3.92. The Morgan fingerprint density at radius 2 is 2.00 bits per heavy atom. The molecule has 2 unspecified atom stereocenters. The molecule has 2 heterocycles. The van der Waals surface area contributed by atoms with Gasteiger partial charge in [-0.05, 0) is 52.7 Å². The Morgan fingerprint density at radius 3 is 2.65 bits per heavy atom. The Bertz CT molecular complexity index is 795. The number of amides is 2. The lowest BCUT2D eigenvalue weighted by atomic mass is 10.1. The third-order valence-corrected chi connectivity index (χ3v) is 7.18. The van der Waals surface area contributed by atoms with Crippen LogP contribution in [-0.4, -0.2) is 88.7 Å². The predicted octanol–water partition coefficient (Wildman–Crippen LogP) is 3.69. The molecule has 1 fully saturated rings. The fourth-order valence-corrected chi connectivity index (χ4v) is 5.08. The lowest BCUT2D eigenvalue weighted by molar-refractivity contribution is -0.133. The average molecular weight is 513 g/mol. The van der Waals surface area contributed by atoms with E-state index < -0.39 is 0 Å². The van der Waals surface area contributed by atoms with Crippen molar-refractivity contribution in [2.75, 3.05) is 49.9 Å². The Morgan fingerprint density at radius 1 is 1.26 bits per heavy atom. The molecule has 1 aromatic rings. The second kappa shape index (κ2) is 14.7. The molecular weight excluding hydrogens is 472 g/mol. The molecule has 2 amide bonds. The van der Waals surface area contributed by atoms with Crippen molar-refractivity contribution in [2.45, 2.75) is 77.5 Å². The highest BCUT2D eigenvalue weighted by Gasteiger charge is 2.28. The molecule has 1 N–H and O–H groups in total. The maximum absolute atomic E-state index is 12.4. The van der Waals surface area contributed by atoms with Crippen LogP contribution < -0.4 is 10.2 Å². The van der Waals surface area contributed by atoms with Crippen LogP contribution in [-0.2, 0) is 9.59 Å². The number of hydrogen-bond donors (Lipinski definition) is 1. The van der Waals surface area contributed by atoms with Crippen molar-refractivity contribution in [3.63, 3.8) is 0 Å². The number of nitrogens with one attached hydrogen (secondary N) is 1. The molecule has 192 valence electrons. The van der Waals surface area contributed by atoms with Crippen molar-refractivity contribution < 1.29 is 9.59 Å². The molecular formula is C24H41ClN6O2S. The van der Waals surface area contributed by atoms with Crippen LogP contribution in [0.25, 0.3) is 0 Å². The molecule has 1 saturated heterocycles. The van der Waals surface area contributed by atoms with Crippen molar-refractivity contribution in [1.82, 2.24) is 25.1 Å². The molecule has 2 atom stereocenters. The zero-order valence-electron chi connectivity index (χ0n) is 21.3. The van der Waals surface area contributed by atoms with Gasteiger partial charge in [-0.3, -0.25) is 9.59 Å². The first kappa shape index (κ1) is 28.7. The van der Waals surface area contributed by atoms with Gasteiger partial charge in [-0.15, -0.1) is 0 Å².